The topological polar surface area (TPSA) is 71.5 Å². The minimum atomic E-state index is -0.231. The molecule has 2 aliphatic rings. The number of para-hydroxylation sites is 2. The van der Waals surface area contributed by atoms with Gasteiger partial charge in [-0.25, -0.2) is 0 Å². The van der Waals surface area contributed by atoms with E-state index in [1.807, 2.05) is 30.3 Å². The zero-order chi connectivity index (χ0) is 18.8. The Kier molecular flexibility index (Phi) is 4.79. The molecule has 27 heavy (non-hydrogen) atoms. The molecule has 1 N–H and O–H groups in total. The fraction of sp³-hybridized carbons (Fsp3) is 0.381. The van der Waals surface area contributed by atoms with Crippen LogP contribution in [0, 0.1) is 0 Å². The Hall–Kier alpha value is -2.89. The molecule has 1 aliphatic heterocycles. The Balaban J connectivity index is 1.46. The molecule has 1 atom stereocenters. The van der Waals surface area contributed by atoms with Crippen LogP contribution in [0.15, 0.2) is 36.5 Å². The molecule has 6 heteroatoms. The second-order valence-electron chi connectivity index (χ2n) is 7.09. The van der Waals surface area contributed by atoms with Gasteiger partial charge in [0.05, 0.1) is 24.4 Å². The van der Waals surface area contributed by atoms with Crippen LogP contribution in [0.1, 0.15) is 40.9 Å². The molecule has 1 aliphatic carbocycles. The number of pyridine rings is 1. The van der Waals surface area contributed by atoms with Gasteiger partial charge in [-0.2, -0.15) is 0 Å². The zero-order valence-corrected chi connectivity index (χ0v) is 15.4. The van der Waals surface area contributed by atoms with E-state index in [4.69, 9.17) is 4.74 Å². The first-order chi connectivity index (χ1) is 13.2. The van der Waals surface area contributed by atoms with E-state index in [-0.39, 0.29) is 24.3 Å². The number of ether oxygens (including phenoxy) is 1. The summed E-state index contributed by atoms with van der Waals surface area (Å²) in [5, 5.41) is 2.99. The Morgan fingerprint density at radius 3 is 2.93 bits per heavy atom. The van der Waals surface area contributed by atoms with Gasteiger partial charge in [-0.1, -0.05) is 12.1 Å². The van der Waals surface area contributed by atoms with E-state index in [0.717, 1.165) is 37.1 Å². The number of carbonyl (C=O) groups is 2. The summed E-state index contributed by atoms with van der Waals surface area (Å²) in [6, 6.07) is 9.14. The Morgan fingerprint density at radius 2 is 2.07 bits per heavy atom. The summed E-state index contributed by atoms with van der Waals surface area (Å²) < 4.78 is 5.36. The lowest BCUT2D eigenvalue weighted by Gasteiger charge is -2.20. The Morgan fingerprint density at radius 1 is 1.26 bits per heavy atom. The van der Waals surface area contributed by atoms with E-state index in [0.29, 0.717) is 17.9 Å². The fourth-order valence-corrected chi connectivity index (χ4v) is 3.87. The van der Waals surface area contributed by atoms with Gasteiger partial charge in [0.15, 0.2) is 0 Å². The van der Waals surface area contributed by atoms with E-state index >= 15 is 0 Å². The van der Waals surface area contributed by atoms with Crippen molar-refractivity contribution in [1.82, 2.24) is 10.3 Å². The maximum Gasteiger partial charge on any atom is 0.253 e. The molecule has 2 amide bonds. The third-order valence-electron chi connectivity index (χ3n) is 5.27. The smallest absolute Gasteiger partial charge is 0.253 e. The lowest BCUT2D eigenvalue weighted by atomic mass is 9.95. The van der Waals surface area contributed by atoms with Gasteiger partial charge in [-0.15, -0.1) is 0 Å². The zero-order valence-electron chi connectivity index (χ0n) is 15.4. The maximum absolute atomic E-state index is 12.7. The number of anilines is 1. The number of nitrogens with zero attached hydrogens (tertiary/aromatic N) is 2. The standard InChI is InChI=1S/C21H23N3O3/c1-27-19-9-5-4-8-18(19)24-13-16(11-20(24)25)23-21(26)15-10-14-6-2-3-7-17(14)22-12-15/h4-5,8-10,12,16H,2-3,6-7,11,13H2,1H3,(H,23,26). The van der Waals surface area contributed by atoms with Crippen LogP contribution in [-0.4, -0.2) is 36.5 Å². The third kappa shape index (κ3) is 3.52. The molecular formula is C21H23N3O3. The van der Waals surface area contributed by atoms with E-state index in [1.54, 1.807) is 18.2 Å². The SMILES string of the molecule is COc1ccccc1N1CC(NC(=O)c2cnc3c(c2)CCCC3)CC1=O. The molecule has 1 aromatic heterocycles. The molecule has 4 rings (SSSR count). The molecule has 6 nitrogen and oxygen atoms in total. The number of amides is 2. The van der Waals surface area contributed by atoms with Crippen molar-refractivity contribution in [2.75, 3.05) is 18.6 Å². The first-order valence-electron chi connectivity index (χ1n) is 9.38. The second kappa shape index (κ2) is 7.39. The molecular weight excluding hydrogens is 342 g/mol. The van der Waals surface area contributed by atoms with Gasteiger partial charge in [-0.3, -0.25) is 14.6 Å². The monoisotopic (exact) mass is 365 g/mol. The van der Waals surface area contributed by atoms with Crippen molar-refractivity contribution < 1.29 is 14.3 Å². The van der Waals surface area contributed by atoms with E-state index in [2.05, 4.69) is 10.3 Å². The van der Waals surface area contributed by atoms with Crippen LogP contribution in [0.3, 0.4) is 0 Å². The van der Waals surface area contributed by atoms with Crippen LogP contribution in [0.25, 0.3) is 0 Å². The predicted octanol–water partition coefficient (Wildman–Crippen LogP) is 2.50. The molecule has 1 unspecified atom stereocenters. The van der Waals surface area contributed by atoms with Gasteiger partial charge in [0.2, 0.25) is 5.91 Å². The molecule has 1 saturated heterocycles. The van der Waals surface area contributed by atoms with Gasteiger partial charge in [0.1, 0.15) is 5.75 Å². The molecule has 0 radical (unpaired) electrons. The molecule has 0 saturated carbocycles. The number of fused-ring (bicyclic) bond motifs is 1. The van der Waals surface area contributed by atoms with Gasteiger partial charge < -0.3 is 15.0 Å². The van der Waals surface area contributed by atoms with Crippen molar-refractivity contribution in [2.24, 2.45) is 0 Å². The molecule has 1 fully saturated rings. The highest BCUT2D eigenvalue weighted by Gasteiger charge is 2.33. The minimum Gasteiger partial charge on any atom is -0.495 e. The van der Waals surface area contributed by atoms with Crippen molar-refractivity contribution in [2.45, 2.75) is 38.1 Å². The number of nitrogens with one attached hydrogen (secondary N) is 1. The first kappa shape index (κ1) is 17.5. The summed E-state index contributed by atoms with van der Waals surface area (Å²) in [6.07, 6.45) is 6.20. The maximum atomic E-state index is 12.7. The average molecular weight is 365 g/mol. The average Bonchev–Trinajstić information content (AvgIpc) is 3.07. The number of rotatable bonds is 4. The van der Waals surface area contributed by atoms with Crippen molar-refractivity contribution in [3.8, 4) is 5.75 Å². The molecule has 0 bridgehead atoms. The van der Waals surface area contributed by atoms with E-state index in [1.165, 1.54) is 5.56 Å². The lowest BCUT2D eigenvalue weighted by Crippen LogP contribution is -2.37. The molecule has 2 heterocycles. The van der Waals surface area contributed by atoms with Gasteiger partial charge in [0, 0.05) is 24.9 Å². The van der Waals surface area contributed by atoms with E-state index < -0.39 is 0 Å². The fourth-order valence-electron chi connectivity index (χ4n) is 3.87. The number of hydrogen-bond acceptors (Lipinski definition) is 4. The second-order valence-corrected chi connectivity index (χ2v) is 7.09. The number of aryl methyl sites for hydroxylation is 2. The summed E-state index contributed by atoms with van der Waals surface area (Å²) in [7, 11) is 1.59. The normalized spacial score (nSPS) is 18.9. The highest BCUT2D eigenvalue weighted by molar-refractivity contribution is 5.99. The number of hydrogen-bond donors (Lipinski definition) is 1. The highest BCUT2D eigenvalue weighted by atomic mass is 16.5. The van der Waals surface area contributed by atoms with Gasteiger partial charge >= 0.3 is 0 Å². The Bertz CT molecular complexity index is 881. The summed E-state index contributed by atoms with van der Waals surface area (Å²) >= 11 is 0. The lowest BCUT2D eigenvalue weighted by molar-refractivity contribution is -0.117. The van der Waals surface area contributed by atoms with Crippen LogP contribution in [0.5, 0.6) is 5.75 Å². The Labute approximate surface area is 158 Å². The first-order valence-corrected chi connectivity index (χ1v) is 9.38. The van der Waals surface area contributed by atoms with Crippen LogP contribution in [0.4, 0.5) is 5.69 Å². The van der Waals surface area contributed by atoms with Crippen LogP contribution in [-0.2, 0) is 17.6 Å². The van der Waals surface area contributed by atoms with Gasteiger partial charge in [0.25, 0.3) is 5.91 Å². The third-order valence-corrected chi connectivity index (χ3v) is 5.27. The summed E-state index contributed by atoms with van der Waals surface area (Å²) in [5.74, 6) is 0.459. The van der Waals surface area contributed by atoms with Crippen LogP contribution < -0.4 is 15.0 Å². The quantitative estimate of drug-likeness (QED) is 0.904. The van der Waals surface area contributed by atoms with Crippen molar-refractivity contribution in [1.29, 1.82) is 0 Å². The van der Waals surface area contributed by atoms with Crippen LogP contribution >= 0.6 is 0 Å². The number of methoxy groups -OCH3 is 1. The van der Waals surface area contributed by atoms with E-state index in [9.17, 15) is 9.59 Å². The number of benzene rings is 1. The molecule has 2 aromatic rings. The van der Waals surface area contributed by atoms with Gasteiger partial charge in [-0.05, 0) is 49.4 Å². The largest absolute Gasteiger partial charge is 0.495 e. The van der Waals surface area contributed by atoms with Crippen molar-refractivity contribution >= 4 is 17.5 Å². The minimum absolute atomic E-state index is 0.0200. The molecule has 0 spiro atoms. The molecule has 140 valence electrons. The number of carbonyl (C=O) groups excluding carboxylic acids is 2. The predicted molar refractivity (Wildman–Crippen MR) is 102 cm³/mol. The van der Waals surface area contributed by atoms with Crippen molar-refractivity contribution in [3.05, 3.63) is 53.3 Å². The summed E-state index contributed by atoms with van der Waals surface area (Å²) in [4.78, 5) is 31.3. The number of aromatic nitrogens is 1. The summed E-state index contributed by atoms with van der Waals surface area (Å²) in [6.45, 7) is 0.434. The summed E-state index contributed by atoms with van der Waals surface area (Å²) in [5.41, 5.74) is 3.58. The van der Waals surface area contributed by atoms with Crippen molar-refractivity contribution in [3.63, 3.8) is 0 Å². The highest BCUT2D eigenvalue weighted by Crippen LogP contribution is 2.31. The molecule has 1 aromatic carbocycles. The van der Waals surface area contributed by atoms with Crippen LogP contribution in [0.2, 0.25) is 0 Å².